The predicted molar refractivity (Wildman–Crippen MR) is 136 cm³/mol. The number of pyridine rings is 2. The molecule has 190 valence electrons. The van der Waals surface area contributed by atoms with Crippen molar-refractivity contribution in [3.63, 3.8) is 0 Å². The molecule has 0 saturated heterocycles. The highest BCUT2D eigenvalue weighted by Crippen LogP contribution is 2.14. The number of amides is 1. The molecule has 0 aliphatic rings. The van der Waals surface area contributed by atoms with Crippen molar-refractivity contribution in [3.05, 3.63) is 93.9 Å². The van der Waals surface area contributed by atoms with Crippen LogP contribution in [0, 0.1) is 0 Å². The van der Waals surface area contributed by atoms with Gasteiger partial charge in [-0.25, -0.2) is 19.7 Å². The zero-order valence-electron chi connectivity index (χ0n) is 21.0. The molecular weight excluding hydrogens is 474 g/mol. The van der Waals surface area contributed by atoms with Gasteiger partial charge < -0.3 is 14.8 Å². The molecule has 0 bridgehead atoms. The van der Waals surface area contributed by atoms with E-state index in [0.717, 1.165) is 11.1 Å². The van der Waals surface area contributed by atoms with Gasteiger partial charge in [-0.15, -0.1) is 0 Å². The molecule has 0 spiro atoms. The molecule has 0 saturated carbocycles. The number of aromatic nitrogens is 4. The Morgan fingerprint density at radius 2 is 1.76 bits per heavy atom. The minimum absolute atomic E-state index is 0.104. The van der Waals surface area contributed by atoms with Crippen LogP contribution in [-0.4, -0.2) is 44.1 Å². The first-order chi connectivity index (χ1) is 17.6. The van der Waals surface area contributed by atoms with E-state index in [4.69, 9.17) is 9.47 Å². The van der Waals surface area contributed by atoms with Crippen molar-refractivity contribution in [1.82, 2.24) is 24.8 Å². The molecule has 0 atom stereocenters. The van der Waals surface area contributed by atoms with E-state index >= 15 is 0 Å². The van der Waals surface area contributed by atoms with Crippen LogP contribution in [-0.2, 0) is 17.8 Å². The zero-order valence-corrected chi connectivity index (χ0v) is 21.0. The van der Waals surface area contributed by atoms with Gasteiger partial charge in [0, 0.05) is 18.8 Å². The zero-order chi connectivity index (χ0) is 26.6. The number of methoxy groups -OCH3 is 1. The number of rotatable bonds is 7. The van der Waals surface area contributed by atoms with E-state index in [2.05, 4.69) is 20.3 Å². The molecule has 37 heavy (non-hydrogen) atoms. The summed E-state index contributed by atoms with van der Waals surface area (Å²) in [5.41, 5.74) is 1.63. The second kappa shape index (κ2) is 10.6. The number of benzene rings is 1. The van der Waals surface area contributed by atoms with Crippen LogP contribution >= 0.6 is 0 Å². The van der Waals surface area contributed by atoms with E-state index in [0.29, 0.717) is 17.0 Å². The lowest BCUT2D eigenvalue weighted by atomic mass is 10.1. The molecule has 1 N–H and O–H groups in total. The minimum atomic E-state index is -0.586. The van der Waals surface area contributed by atoms with Crippen molar-refractivity contribution in [2.45, 2.75) is 39.5 Å². The Bertz CT molecular complexity index is 1510. The van der Waals surface area contributed by atoms with Crippen molar-refractivity contribution in [3.8, 4) is 5.88 Å². The number of hydrogen-bond donors (Lipinski definition) is 1. The third kappa shape index (κ3) is 6.35. The Morgan fingerprint density at radius 1 is 1.00 bits per heavy atom. The van der Waals surface area contributed by atoms with Crippen molar-refractivity contribution in [1.29, 1.82) is 0 Å². The molecular formula is C27H27N5O5. The summed E-state index contributed by atoms with van der Waals surface area (Å²) in [5.74, 6) is -0.392. The summed E-state index contributed by atoms with van der Waals surface area (Å²) in [7, 11) is 1.52. The topological polar surface area (TPSA) is 125 Å². The van der Waals surface area contributed by atoms with Gasteiger partial charge in [0.25, 0.3) is 11.5 Å². The molecule has 1 amide bonds. The fourth-order valence-corrected chi connectivity index (χ4v) is 3.52. The standard InChI is InChI=1S/C27H27N5O5/c1-27(2,3)37-26(35)19-7-5-17(6-8-19)15-32-16-31-22-14-29-21(12-20(22)25(32)34)24(33)30-13-18-9-10-28-23(11-18)36-4/h5-12,14,16H,13,15H2,1-4H3,(H,30,33). The third-order valence-corrected chi connectivity index (χ3v) is 5.35. The van der Waals surface area contributed by atoms with Crippen LogP contribution in [0.15, 0.2) is 66.0 Å². The lowest BCUT2D eigenvalue weighted by molar-refractivity contribution is 0.00694. The molecule has 10 heteroatoms. The molecule has 0 fully saturated rings. The summed E-state index contributed by atoms with van der Waals surface area (Å²) in [6, 6.07) is 11.8. The monoisotopic (exact) mass is 501 g/mol. The Balaban J connectivity index is 1.50. The van der Waals surface area contributed by atoms with Crippen molar-refractivity contribution >= 4 is 22.8 Å². The second-order valence-electron chi connectivity index (χ2n) is 9.35. The minimum Gasteiger partial charge on any atom is -0.481 e. The van der Waals surface area contributed by atoms with Crippen LogP contribution in [0.25, 0.3) is 10.9 Å². The maximum Gasteiger partial charge on any atom is 0.338 e. The van der Waals surface area contributed by atoms with Gasteiger partial charge in [0.15, 0.2) is 0 Å². The first kappa shape index (κ1) is 25.5. The average molecular weight is 502 g/mol. The normalized spacial score (nSPS) is 11.2. The quantitative estimate of drug-likeness (QED) is 0.383. The Hall–Kier alpha value is -4.60. The molecule has 0 aliphatic heterocycles. The van der Waals surface area contributed by atoms with Crippen molar-refractivity contribution < 1.29 is 19.1 Å². The molecule has 3 aromatic heterocycles. The number of nitrogens with one attached hydrogen (secondary N) is 1. The Morgan fingerprint density at radius 3 is 2.46 bits per heavy atom. The smallest absolute Gasteiger partial charge is 0.338 e. The summed E-state index contributed by atoms with van der Waals surface area (Å²) in [6.45, 7) is 5.91. The van der Waals surface area contributed by atoms with Gasteiger partial charge in [-0.3, -0.25) is 14.2 Å². The molecule has 4 rings (SSSR count). The van der Waals surface area contributed by atoms with E-state index in [1.165, 1.54) is 30.3 Å². The third-order valence-electron chi connectivity index (χ3n) is 5.35. The van der Waals surface area contributed by atoms with E-state index in [1.807, 2.05) is 0 Å². The molecule has 0 radical (unpaired) electrons. The summed E-state index contributed by atoms with van der Waals surface area (Å²) in [4.78, 5) is 50.6. The number of carbonyl (C=O) groups is 2. The van der Waals surface area contributed by atoms with Crippen LogP contribution < -0.4 is 15.6 Å². The molecule has 0 unspecified atom stereocenters. The summed E-state index contributed by atoms with van der Waals surface area (Å²) in [5, 5.41) is 3.06. The van der Waals surface area contributed by atoms with Crippen LogP contribution in [0.2, 0.25) is 0 Å². The summed E-state index contributed by atoms with van der Waals surface area (Å²) in [6.07, 6.45) is 4.43. The van der Waals surface area contributed by atoms with E-state index in [9.17, 15) is 14.4 Å². The number of hydrogen-bond acceptors (Lipinski definition) is 8. The second-order valence-corrected chi connectivity index (χ2v) is 9.35. The first-order valence-corrected chi connectivity index (χ1v) is 11.6. The van der Waals surface area contributed by atoms with E-state index < -0.39 is 17.5 Å². The fourth-order valence-electron chi connectivity index (χ4n) is 3.52. The Kier molecular flexibility index (Phi) is 7.28. The lowest BCUT2D eigenvalue weighted by Gasteiger charge is -2.19. The molecule has 10 nitrogen and oxygen atoms in total. The number of ether oxygens (including phenoxy) is 2. The maximum absolute atomic E-state index is 13.2. The van der Waals surface area contributed by atoms with Gasteiger partial charge in [-0.2, -0.15) is 0 Å². The largest absolute Gasteiger partial charge is 0.481 e. The number of esters is 1. The highest BCUT2D eigenvalue weighted by molar-refractivity contribution is 5.95. The van der Waals surface area contributed by atoms with Crippen molar-refractivity contribution in [2.24, 2.45) is 0 Å². The van der Waals surface area contributed by atoms with Crippen molar-refractivity contribution in [2.75, 3.05) is 7.11 Å². The van der Waals surface area contributed by atoms with Gasteiger partial charge in [0.05, 0.1) is 42.6 Å². The van der Waals surface area contributed by atoms with Gasteiger partial charge in [-0.1, -0.05) is 12.1 Å². The number of nitrogens with zero attached hydrogens (tertiary/aromatic N) is 4. The van der Waals surface area contributed by atoms with Gasteiger partial charge >= 0.3 is 5.97 Å². The van der Waals surface area contributed by atoms with E-state index in [-0.39, 0.29) is 29.7 Å². The highest BCUT2D eigenvalue weighted by atomic mass is 16.6. The molecule has 1 aromatic carbocycles. The van der Waals surface area contributed by atoms with Gasteiger partial charge in [0.2, 0.25) is 5.88 Å². The maximum atomic E-state index is 13.2. The van der Waals surface area contributed by atoms with Gasteiger partial charge in [0.1, 0.15) is 11.3 Å². The predicted octanol–water partition coefficient (Wildman–Crippen LogP) is 3.13. The lowest BCUT2D eigenvalue weighted by Crippen LogP contribution is -2.25. The highest BCUT2D eigenvalue weighted by Gasteiger charge is 2.18. The Labute approximate surface area is 213 Å². The molecule has 4 aromatic rings. The fraction of sp³-hybridized carbons (Fsp3) is 0.259. The van der Waals surface area contributed by atoms with E-state index in [1.54, 1.807) is 63.4 Å². The first-order valence-electron chi connectivity index (χ1n) is 11.6. The summed E-state index contributed by atoms with van der Waals surface area (Å²) < 4.78 is 11.9. The molecule has 0 aliphatic carbocycles. The number of fused-ring (bicyclic) bond motifs is 1. The average Bonchev–Trinajstić information content (AvgIpc) is 2.88. The molecule has 3 heterocycles. The summed E-state index contributed by atoms with van der Waals surface area (Å²) >= 11 is 0. The van der Waals surface area contributed by atoms with Gasteiger partial charge in [-0.05, 0) is 56.2 Å². The van der Waals surface area contributed by atoms with Crippen LogP contribution in [0.4, 0.5) is 0 Å². The van der Waals surface area contributed by atoms with Crippen LogP contribution in [0.1, 0.15) is 52.7 Å². The van der Waals surface area contributed by atoms with Crippen LogP contribution in [0.5, 0.6) is 5.88 Å². The number of carbonyl (C=O) groups excluding carboxylic acids is 2. The SMILES string of the molecule is COc1cc(CNC(=O)c2cc3c(=O)n(Cc4ccc(C(=O)OC(C)(C)C)cc4)cnc3cn2)ccn1. The van der Waals surface area contributed by atoms with Crippen LogP contribution in [0.3, 0.4) is 0 Å².